The molecule has 13 heavy (non-hydrogen) atoms. The zero-order chi connectivity index (χ0) is 9.84. The minimum Gasteiger partial charge on any atom is -0.330 e. The van der Waals surface area contributed by atoms with E-state index in [0.717, 1.165) is 6.42 Å². The van der Waals surface area contributed by atoms with Gasteiger partial charge >= 0.3 is 0 Å². The van der Waals surface area contributed by atoms with Gasteiger partial charge in [-0.05, 0) is 49.1 Å². The van der Waals surface area contributed by atoms with Crippen molar-refractivity contribution in [1.29, 1.82) is 0 Å². The summed E-state index contributed by atoms with van der Waals surface area (Å²) in [5, 5.41) is 0. The van der Waals surface area contributed by atoms with E-state index in [2.05, 4.69) is 32.6 Å². The molecule has 2 N–H and O–H groups in total. The van der Waals surface area contributed by atoms with Gasteiger partial charge in [-0.2, -0.15) is 0 Å². The number of nitrogens with two attached hydrogens (primary N) is 1. The molecular formula is C12H17N. The van der Waals surface area contributed by atoms with Crippen molar-refractivity contribution in [1.82, 2.24) is 0 Å². The van der Waals surface area contributed by atoms with Crippen LogP contribution in [0.15, 0.2) is 18.7 Å². The summed E-state index contributed by atoms with van der Waals surface area (Å²) < 4.78 is 0. The number of aryl methyl sites for hydroxylation is 1. The third-order valence-corrected chi connectivity index (χ3v) is 2.52. The maximum atomic E-state index is 5.57. The highest BCUT2D eigenvalue weighted by Crippen LogP contribution is 2.19. The highest BCUT2D eigenvalue weighted by Gasteiger charge is 2.04. The van der Waals surface area contributed by atoms with Crippen LogP contribution in [0.4, 0.5) is 0 Å². The first kappa shape index (κ1) is 10.0. The molecule has 0 bridgehead atoms. The number of hydrogen-bond donors (Lipinski definition) is 1. The van der Waals surface area contributed by atoms with Gasteiger partial charge in [-0.25, -0.2) is 0 Å². The summed E-state index contributed by atoms with van der Waals surface area (Å²) in [6.07, 6.45) is 2.84. The minimum absolute atomic E-state index is 0.700. The molecule has 0 aliphatic heterocycles. The fraction of sp³-hybridized carbons (Fsp3) is 0.333. The maximum absolute atomic E-state index is 5.57. The standard InChI is InChI=1S/C12H17N/c1-4-11-6-5-9(2)10(3)12(11)7-8-13/h4-6H,1,7-8,13H2,2-3H3. The molecule has 0 atom stereocenters. The topological polar surface area (TPSA) is 26.0 Å². The highest BCUT2D eigenvalue weighted by atomic mass is 14.5. The predicted octanol–water partition coefficient (Wildman–Crippen LogP) is 2.45. The SMILES string of the molecule is C=Cc1ccc(C)c(C)c1CCN. The lowest BCUT2D eigenvalue weighted by Crippen LogP contribution is -2.06. The van der Waals surface area contributed by atoms with Gasteiger partial charge in [0.1, 0.15) is 0 Å². The van der Waals surface area contributed by atoms with Crippen LogP contribution in [0.25, 0.3) is 6.08 Å². The summed E-state index contributed by atoms with van der Waals surface area (Å²) in [5.74, 6) is 0. The Morgan fingerprint density at radius 3 is 2.62 bits per heavy atom. The quantitative estimate of drug-likeness (QED) is 0.750. The number of rotatable bonds is 3. The number of benzene rings is 1. The van der Waals surface area contributed by atoms with E-state index in [1.165, 1.54) is 22.3 Å². The Morgan fingerprint density at radius 1 is 1.38 bits per heavy atom. The van der Waals surface area contributed by atoms with Crippen LogP contribution in [0.5, 0.6) is 0 Å². The van der Waals surface area contributed by atoms with Gasteiger partial charge in [0.05, 0.1) is 0 Å². The summed E-state index contributed by atoms with van der Waals surface area (Å²) in [4.78, 5) is 0. The molecule has 0 aliphatic carbocycles. The Labute approximate surface area is 80.3 Å². The fourth-order valence-electron chi connectivity index (χ4n) is 1.56. The molecule has 0 heterocycles. The van der Waals surface area contributed by atoms with E-state index in [0.29, 0.717) is 6.54 Å². The van der Waals surface area contributed by atoms with Crippen molar-refractivity contribution in [3.63, 3.8) is 0 Å². The van der Waals surface area contributed by atoms with E-state index in [-0.39, 0.29) is 0 Å². The van der Waals surface area contributed by atoms with Gasteiger partial charge in [-0.1, -0.05) is 24.8 Å². The molecule has 1 aromatic rings. The van der Waals surface area contributed by atoms with Crippen molar-refractivity contribution in [3.05, 3.63) is 41.0 Å². The predicted molar refractivity (Wildman–Crippen MR) is 58.8 cm³/mol. The van der Waals surface area contributed by atoms with Crippen molar-refractivity contribution in [2.75, 3.05) is 6.54 Å². The molecule has 0 saturated heterocycles. The molecule has 70 valence electrons. The molecule has 1 heteroatoms. The number of hydrogen-bond acceptors (Lipinski definition) is 1. The molecule has 0 amide bonds. The van der Waals surface area contributed by atoms with Gasteiger partial charge in [-0.15, -0.1) is 0 Å². The van der Waals surface area contributed by atoms with Crippen LogP contribution in [-0.4, -0.2) is 6.54 Å². The molecule has 0 aliphatic rings. The van der Waals surface area contributed by atoms with Gasteiger partial charge in [0.15, 0.2) is 0 Å². The second-order valence-electron chi connectivity index (χ2n) is 3.32. The lowest BCUT2D eigenvalue weighted by molar-refractivity contribution is 0.951. The first-order valence-corrected chi connectivity index (χ1v) is 4.62. The molecular weight excluding hydrogens is 158 g/mol. The lowest BCUT2D eigenvalue weighted by Gasteiger charge is -2.11. The average Bonchev–Trinajstić information content (AvgIpc) is 2.14. The Bertz CT molecular complexity index is 313. The molecule has 0 aromatic heterocycles. The van der Waals surface area contributed by atoms with E-state index in [9.17, 15) is 0 Å². The summed E-state index contributed by atoms with van der Waals surface area (Å²) in [6.45, 7) is 8.78. The molecule has 1 aromatic carbocycles. The monoisotopic (exact) mass is 175 g/mol. The fourth-order valence-corrected chi connectivity index (χ4v) is 1.56. The Balaban J connectivity index is 3.23. The zero-order valence-electron chi connectivity index (χ0n) is 8.43. The molecule has 0 fully saturated rings. The first-order chi connectivity index (χ1) is 6.20. The van der Waals surface area contributed by atoms with Crippen LogP contribution in [-0.2, 0) is 6.42 Å². The van der Waals surface area contributed by atoms with Gasteiger partial charge < -0.3 is 5.73 Å². The van der Waals surface area contributed by atoms with Crippen molar-refractivity contribution in [2.24, 2.45) is 5.73 Å². The Kier molecular flexibility index (Phi) is 3.26. The maximum Gasteiger partial charge on any atom is -0.00364 e. The van der Waals surface area contributed by atoms with Crippen LogP contribution in [0, 0.1) is 13.8 Å². The molecule has 1 nitrogen and oxygen atoms in total. The van der Waals surface area contributed by atoms with Crippen LogP contribution >= 0.6 is 0 Å². The summed E-state index contributed by atoms with van der Waals surface area (Å²) in [7, 11) is 0. The zero-order valence-corrected chi connectivity index (χ0v) is 8.43. The Hall–Kier alpha value is -1.08. The smallest absolute Gasteiger partial charge is 0.00364 e. The second-order valence-corrected chi connectivity index (χ2v) is 3.32. The van der Waals surface area contributed by atoms with Crippen LogP contribution in [0.1, 0.15) is 22.3 Å². The van der Waals surface area contributed by atoms with Crippen molar-refractivity contribution >= 4 is 6.08 Å². The lowest BCUT2D eigenvalue weighted by atomic mass is 9.95. The second kappa shape index (κ2) is 4.24. The molecule has 0 unspecified atom stereocenters. The third-order valence-electron chi connectivity index (χ3n) is 2.52. The van der Waals surface area contributed by atoms with E-state index < -0.39 is 0 Å². The average molecular weight is 175 g/mol. The van der Waals surface area contributed by atoms with E-state index >= 15 is 0 Å². The molecule has 0 saturated carbocycles. The molecule has 1 rings (SSSR count). The minimum atomic E-state index is 0.700. The van der Waals surface area contributed by atoms with Crippen molar-refractivity contribution < 1.29 is 0 Å². The summed E-state index contributed by atoms with van der Waals surface area (Å²) in [6, 6.07) is 4.24. The van der Waals surface area contributed by atoms with Crippen LogP contribution in [0.2, 0.25) is 0 Å². The Morgan fingerprint density at radius 2 is 2.08 bits per heavy atom. The normalized spacial score (nSPS) is 10.1. The van der Waals surface area contributed by atoms with Crippen molar-refractivity contribution in [2.45, 2.75) is 20.3 Å². The van der Waals surface area contributed by atoms with Gasteiger partial charge in [0.2, 0.25) is 0 Å². The molecule has 0 radical (unpaired) electrons. The van der Waals surface area contributed by atoms with E-state index in [1.807, 2.05) is 6.08 Å². The van der Waals surface area contributed by atoms with Crippen LogP contribution in [0.3, 0.4) is 0 Å². The highest BCUT2D eigenvalue weighted by molar-refractivity contribution is 5.56. The van der Waals surface area contributed by atoms with Gasteiger partial charge in [-0.3, -0.25) is 0 Å². The third kappa shape index (κ3) is 1.99. The van der Waals surface area contributed by atoms with Crippen molar-refractivity contribution in [3.8, 4) is 0 Å². The first-order valence-electron chi connectivity index (χ1n) is 4.62. The van der Waals surface area contributed by atoms with Crippen LogP contribution < -0.4 is 5.73 Å². The van der Waals surface area contributed by atoms with E-state index in [4.69, 9.17) is 5.73 Å². The van der Waals surface area contributed by atoms with Gasteiger partial charge in [0.25, 0.3) is 0 Å². The summed E-state index contributed by atoms with van der Waals surface area (Å²) in [5.41, 5.74) is 10.8. The van der Waals surface area contributed by atoms with Gasteiger partial charge in [0, 0.05) is 0 Å². The molecule has 0 spiro atoms. The summed E-state index contributed by atoms with van der Waals surface area (Å²) >= 11 is 0. The van der Waals surface area contributed by atoms with E-state index in [1.54, 1.807) is 0 Å². The largest absolute Gasteiger partial charge is 0.330 e.